The minimum Gasteiger partial charge on any atom is -0.192 e. The summed E-state index contributed by atoms with van der Waals surface area (Å²) in [7, 11) is 0. The Morgan fingerprint density at radius 1 is 0.400 bits per heavy atom. The summed E-state index contributed by atoms with van der Waals surface area (Å²) in [6, 6.07) is 7.98. The molecule has 50 heavy (non-hydrogen) atoms. The van der Waals surface area contributed by atoms with Crippen molar-refractivity contribution < 1.29 is 52.7 Å². The molecule has 0 aliphatic carbocycles. The molecule has 3 rings (SSSR count). The maximum atomic E-state index is 13.8. The van der Waals surface area contributed by atoms with Crippen LogP contribution in [0, 0.1) is 79.3 Å². The molecule has 7 nitrogen and oxygen atoms in total. The lowest BCUT2D eigenvalue weighted by atomic mass is 9.88. The van der Waals surface area contributed by atoms with Crippen LogP contribution >= 0.6 is 0 Å². The largest absolute Gasteiger partial charge is 0.417 e. The van der Waals surface area contributed by atoms with Gasteiger partial charge >= 0.3 is 24.7 Å². The molecular weight excluding hydrogens is 698 g/mol. The third-order valence-corrected chi connectivity index (χ3v) is 6.71. The quantitative estimate of drug-likeness (QED) is 0.272. The molecule has 3 aromatic carbocycles. The van der Waals surface area contributed by atoms with Gasteiger partial charge in [0.25, 0.3) is 0 Å². The first-order chi connectivity index (χ1) is 23.0. The summed E-state index contributed by atoms with van der Waals surface area (Å²) in [5, 5.41) is 65.6. The topological polar surface area (TPSA) is 167 Å². The highest BCUT2D eigenvalue weighted by Crippen LogP contribution is 2.42. The van der Waals surface area contributed by atoms with Gasteiger partial charge < -0.3 is 0 Å². The fraction of sp³-hybridized carbons (Fsp3) is 0.129. The number of benzene rings is 3. The van der Waals surface area contributed by atoms with Gasteiger partial charge in [0, 0.05) is 10.4 Å². The van der Waals surface area contributed by atoms with Gasteiger partial charge in [-0.15, -0.1) is 0 Å². The van der Waals surface area contributed by atoms with E-state index < -0.39 is 107 Å². The average Bonchev–Trinajstić information content (AvgIpc) is 3.02. The van der Waals surface area contributed by atoms with Gasteiger partial charge in [-0.05, 0) is 41.5 Å². The molecule has 0 bridgehead atoms. The van der Waals surface area contributed by atoms with E-state index in [2.05, 4.69) is 0 Å². The lowest BCUT2D eigenvalue weighted by Gasteiger charge is -2.17. The van der Waals surface area contributed by atoms with Gasteiger partial charge in [0.15, 0.2) is 0 Å². The fourth-order valence-electron chi connectivity index (χ4n) is 4.71. The van der Waals surface area contributed by atoms with Crippen molar-refractivity contribution in [3.8, 4) is 42.5 Å². The molecule has 0 saturated heterocycles. The van der Waals surface area contributed by atoms with Crippen LogP contribution in [0.15, 0.2) is 30.3 Å². The van der Waals surface area contributed by atoms with E-state index in [1.54, 1.807) is 0 Å². The summed E-state index contributed by atoms with van der Waals surface area (Å²) < 4.78 is 166. The molecule has 19 heteroatoms. The van der Waals surface area contributed by atoms with Crippen molar-refractivity contribution in [2.75, 3.05) is 0 Å². The monoisotopic (exact) mass is 703 g/mol. The van der Waals surface area contributed by atoms with E-state index in [1.165, 1.54) is 30.3 Å². The Bertz CT molecular complexity index is 2330. The lowest BCUT2D eigenvalue weighted by molar-refractivity contribution is -0.145. The van der Waals surface area contributed by atoms with Crippen LogP contribution in [0.4, 0.5) is 52.7 Å². The van der Waals surface area contributed by atoms with E-state index >= 15 is 0 Å². The molecule has 0 atom stereocenters. The van der Waals surface area contributed by atoms with Gasteiger partial charge in [0.1, 0.15) is 36.4 Å². The summed E-state index contributed by atoms with van der Waals surface area (Å²) >= 11 is 0. The summed E-state index contributed by atoms with van der Waals surface area (Å²) in [4.78, 5) is 0. The highest BCUT2D eigenvalue weighted by Gasteiger charge is 2.43. The summed E-state index contributed by atoms with van der Waals surface area (Å²) in [6.45, 7) is 0. The van der Waals surface area contributed by atoms with Crippen LogP contribution in [-0.4, -0.2) is 0 Å². The lowest BCUT2D eigenvalue weighted by Crippen LogP contribution is -2.27. The Labute approximate surface area is 270 Å². The van der Waals surface area contributed by atoms with Crippen LogP contribution in [0.25, 0.3) is 11.1 Å². The van der Waals surface area contributed by atoms with Crippen molar-refractivity contribution in [1.82, 2.24) is 0 Å². The van der Waals surface area contributed by atoms with Gasteiger partial charge in [0.05, 0.1) is 67.3 Å². The molecule has 0 radical (unpaired) electrons. The molecule has 0 unspecified atom stereocenters. The van der Waals surface area contributed by atoms with Crippen molar-refractivity contribution in [2.24, 2.45) is 0 Å². The van der Waals surface area contributed by atoms with Crippen LogP contribution < -0.4 is 10.4 Å². The summed E-state index contributed by atoms with van der Waals surface area (Å²) in [5.41, 5.74) is -21.1. The number of nitrogens with zero attached hydrogens (tertiary/aromatic N) is 7. The first-order valence-electron chi connectivity index (χ1n) is 12.5. The van der Waals surface area contributed by atoms with Crippen LogP contribution in [-0.2, 0) is 24.7 Å². The van der Waals surface area contributed by atoms with E-state index in [9.17, 15) is 79.0 Å². The molecule has 248 valence electrons. The molecule has 0 amide bonds. The zero-order valence-corrected chi connectivity index (χ0v) is 23.6. The van der Waals surface area contributed by atoms with Crippen LogP contribution in [0.3, 0.4) is 0 Å². The molecule has 3 aromatic rings. The van der Waals surface area contributed by atoms with Gasteiger partial charge in [-0.2, -0.15) is 89.5 Å². The molecule has 0 spiro atoms. The Hall–Kier alpha value is -7.01. The van der Waals surface area contributed by atoms with Crippen molar-refractivity contribution in [2.45, 2.75) is 24.7 Å². The predicted molar refractivity (Wildman–Crippen MR) is 138 cm³/mol. The first kappa shape index (κ1) is 37.4. The summed E-state index contributed by atoms with van der Waals surface area (Å²) in [6.07, 6.45) is -22.6. The van der Waals surface area contributed by atoms with E-state index in [-0.39, 0.29) is 24.3 Å². The van der Waals surface area contributed by atoms with Gasteiger partial charge in [-0.25, -0.2) is 0 Å². The smallest absolute Gasteiger partial charge is 0.192 e. The van der Waals surface area contributed by atoms with E-state index in [0.29, 0.717) is 6.07 Å². The molecule has 0 heterocycles. The molecule has 0 fully saturated rings. The number of rotatable bonds is 2. The standard InChI is InChI=1S/C31H5F12N7/c32-28(33,34)23-2-13(3-24(21(23)11-49)29(35,36)37)17(7-45)16-1-15(6-44)27(20(10-48)19(16)9-47)18(8-46)14-4-25(30(38,39)40)22(12-50)26(5-14)31(41,42)43/h1-5H/b17-16-,27-18-. The van der Waals surface area contributed by atoms with E-state index in [1.807, 2.05) is 0 Å². The molecule has 0 saturated carbocycles. The second kappa shape index (κ2) is 12.9. The predicted octanol–water partition coefficient (Wildman–Crippen LogP) is 6.57. The SMILES string of the molecule is N#C/C(c1cc(C(F)(F)F)c(C#N)c(C(F)(F)F)c1)=c1\cc(C#N)/c(=C(\C#N)c2cc(C(F)(F)F)c(C#N)c(C(F)(F)F)c2)c(C#N)c1C#N. The molecular formula is C31H5F12N7. The average molecular weight is 703 g/mol. The van der Waals surface area contributed by atoms with Crippen molar-refractivity contribution in [3.05, 3.63) is 102 Å². The normalized spacial score (nSPS) is 12.9. The molecule has 0 aliphatic heterocycles. The number of hydrogen-bond donors (Lipinski definition) is 0. The molecule has 0 N–H and O–H groups in total. The highest BCUT2D eigenvalue weighted by atomic mass is 19.4. The molecule has 0 aliphatic rings. The maximum absolute atomic E-state index is 13.8. The van der Waals surface area contributed by atoms with Gasteiger partial charge in [-0.1, -0.05) is 0 Å². The van der Waals surface area contributed by atoms with Crippen molar-refractivity contribution >= 4 is 11.1 Å². The maximum Gasteiger partial charge on any atom is 0.417 e. The Morgan fingerprint density at radius 2 is 0.720 bits per heavy atom. The number of alkyl halides is 12. The van der Waals surface area contributed by atoms with E-state index in [4.69, 9.17) is 10.5 Å². The minimum absolute atomic E-state index is 0.0690. The minimum atomic E-state index is -5.65. The second-order valence-electron chi connectivity index (χ2n) is 9.51. The van der Waals surface area contributed by atoms with Crippen LogP contribution in [0.1, 0.15) is 61.2 Å². The van der Waals surface area contributed by atoms with E-state index in [0.717, 1.165) is 12.1 Å². The fourth-order valence-corrected chi connectivity index (χ4v) is 4.71. The zero-order chi connectivity index (χ0) is 38.1. The van der Waals surface area contributed by atoms with Crippen molar-refractivity contribution in [1.29, 1.82) is 36.8 Å². The van der Waals surface area contributed by atoms with Gasteiger partial charge in [0.2, 0.25) is 0 Å². The number of hydrogen-bond acceptors (Lipinski definition) is 7. The number of nitriles is 7. The highest BCUT2D eigenvalue weighted by molar-refractivity contribution is 5.84. The Balaban J connectivity index is 2.78. The Kier molecular flexibility index (Phi) is 9.65. The second-order valence-corrected chi connectivity index (χ2v) is 9.51. The number of halogens is 12. The third kappa shape index (κ3) is 6.69. The first-order valence-corrected chi connectivity index (χ1v) is 12.5. The Morgan fingerprint density at radius 3 is 0.980 bits per heavy atom. The van der Waals surface area contributed by atoms with Gasteiger partial charge in [-0.3, -0.25) is 0 Å². The summed E-state index contributed by atoms with van der Waals surface area (Å²) in [5.74, 6) is 0. The third-order valence-electron chi connectivity index (χ3n) is 6.71. The van der Waals surface area contributed by atoms with Crippen LogP contribution in [0.2, 0.25) is 0 Å². The zero-order valence-electron chi connectivity index (χ0n) is 23.6. The van der Waals surface area contributed by atoms with Crippen LogP contribution in [0.5, 0.6) is 0 Å². The van der Waals surface area contributed by atoms with Crippen molar-refractivity contribution in [3.63, 3.8) is 0 Å². The molecule has 0 aromatic heterocycles.